The predicted molar refractivity (Wildman–Crippen MR) is 70.5 cm³/mol. The number of aryl methyl sites for hydroxylation is 2. The SMILES string of the molecule is Cc1cc(Br)c2c(c1)c(=O)[nH]c1c(C)cnn12. The summed E-state index contributed by atoms with van der Waals surface area (Å²) in [5.41, 5.74) is 3.46. The monoisotopic (exact) mass is 291 g/mol. The van der Waals surface area contributed by atoms with Crippen LogP contribution in [-0.4, -0.2) is 14.6 Å². The molecule has 0 radical (unpaired) electrons. The molecule has 3 rings (SSSR count). The van der Waals surface area contributed by atoms with E-state index in [1.165, 1.54) is 0 Å². The molecule has 1 N–H and O–H groups in total. The summed E-state index contributed by atoms with van der Waals surface area (Å²) in [5.74, 6) is 0. The number of aromatic amines is 1. The fourth-order valence-corrected chi connectivity index (χ4v) is 2.79. The second-order valence-electron chi connectivity index (χ2n) is 4.19. The van der Waals surface area contributed by atoms with E-state index < -0.39 is 0 Å². The highest BCUT2D eigenvalue weighted by Gasteiger charge is 2.11. The third-order valence-electron chi connectivity index (χ3n) is 2.85. The lowest BCUT2D eigenvalue weighted by Crippen LogP contribution is -2.11. The van der Waals surface area contributed by atoms with Gasteiger partial charge in [-0.05, 0) is 47.5 Å². The Bertz CT molecular complexity index is 801. The Hall–Kier alpha value is -1.62. The molecule has 0 saturated carbocycles. The zero-order chi connectivity index (χ0) is 12.2. The summed E-state index contributed by atoms with van der Waals surface area (Å²) in [6.07, 6.45) is 1.75. The van der Waals surface area contributed by atoms with Crippen LogP contribution in [0.3, 0.4) is 0 Å². The molecular formula is C12H10BrN3O. The van der Waals surface area contributed by atoms with E-state index in [4.69, 9.17) is 0 Å². The molecule has 0 spiro atoms. The number of hydrogen-bond donors (Lipinski definition) is 1. The van der Waals surface area contributed by atoms with Crippen LogP contribution in [0.4, 0.5) is 0 Å². The van der Waals surface area contributed by atoms with Gasteiger partial charge in [0.05, 0.1) is 17.1 Å². The van der Waals surface area contributed by atoms with E-state index in [0.717, 1.165) is 26.8 Å². The molecular weight excluding hydrogens is 282 g/mol. The molecule has 0 aliphatic rings. The number of aromatic nitrogens is 3. The molecule has 2 heterocycles. The van der Waals surface area contributed by atoms with Gasteiger partial charge < -0.3 is 4.98 Å². The molecule has 17 heavy (non-hydrogen) atoms. The van der Waals surface area contributed by atoms with Gasteiger partial charge in [-0.2, -0.15) is 5.10 Å². The van der Waals surface area contributed by atoms with E-state index in [9.17, 15) is 4.79 Å². The number of halogens is 1. The highest BCUT2D eigenvalue weighted by atomic mass is 79.9. The molecule has 0 bridgehead atoms. The molecule has 0 amide bonds. The average Bonchev–Trinajstić information content (AvgIpc) is 2.60. The van der Waals surface area contributed by atoms with Crippen LogP contribution in [0.15, 0.2) is 27.6 Å². The van der Waals surface area contributed by atoms with Gasteiger partial charge in [-0.25, -0.2) is 4.52 Å². The fraction of sp³-hybridized carbons (Fsp3) is 0.167. The third-order valence-corrected chi connectivity index (χ3v) is 3.45. The molecule has 3 aromatic rings. The third kappa shape index (κ3) is 1.42. The number of nitrogens with zero attached hydrogens (tertiary/aromatic N) is 2. The molecule has 0 atom stereocenters. The molecule has 0 aliphatic carbocycles. The van der Waals surface area contributed by atoms with Crippen molar-refractivity contribution in [2.24, 2.45) is 0 Å². The van der Waals surface area contributed by atoms with E-state index in [2.05, 4.69) is 26.0 Å². The topological polar surface area (TPSA) is 50.2 Å². The lowest BCUT2D eigenvalue weighted by Gasteiger charge is -2.05. The zero-order valence-corrected chi connectivity index (χ0v) is 11.0. The van der Waals surface area contributed by atoms with Gasteiger partial charge in [0.15, 0.2) is 0 Å². The van der Waals surface area contributed by atoms with Crippen molar-refractivity contribution in [3.05, 3.63) is 44.3 Å². The van der Waals surface area contributed by atoms with E-state index in [0.29, 0.717) is 5.39 Å². The summed E-state index contributed by atoms with van der Waals surface area (Å²) in [7, 11) is 0. The molecule has 0 fully saturated rings. The van der Waals surface area contributed by atoms with Crippen molar-refractivity contribution in [1.82, 2.24) is 14.6 Å². The number of H-pyrrole nitrogens is 1. The van der Waals surface area contributed by atoms with E-state index in [1.54, 1.807) is 10.7 Å². The summed E-state index contributed by atoms with van der Waals surface area (Å²) in [4.78, 5) is 14.9. The Morgan fingerprint density at radius 2 is 2.12 bits per heavy atom. The van der Waals surface area contributed by atoms with Crippen molar-refractivity contribution >= 4 is 32.5 Å². The maximum absolute atomic E-state index is 12.0. The highest BCUT2D eigenvalue weighted by Crippen LogP contribution is 2.24. The summed E-state index contributed by atoms with van der Waals surface area (Å²) in [5, 5.41) is 4.94. The van der Waals surface area contributed by atoms with Gasteiger partial charge in [-0.15, -0.1) is 0 Å². The second-order valence-corrected chi connectivity index (χ2v) is 5.04. The van der Waals surface area contributed by atoms with Crippen LogP contribution in [0.1, 0.15) is 11.1 Å². The lowest BCUT2D eigenvalue weighted by atomic mass is 10.2. The minimum absolute atomic E-state index is 0.0829. The Kier molecular flexibility index (Phi) is 2.13. The van der Waals surface area contributed by atoms with Crippen molar-refractivity contribution < 1.29 is 0 Å². The molecule has 4 nitrogen and oxygen atoms in total. The zero-order valence-electron chi connectivity index (χ0n) is 9.41. The van der Waals surface area contributed by atoms with E-state index in [1.807, 2.05) is 26.0 Å². The molecule has 86 valence electrons. The Balaban J connectivity index is 2.70. The quantitative estimate of drug-likeness (QED) is 0.692. The van der Waals surface area contributed by atoms with Gasteiger partial charge >= 0.3 is 0 Å². The molecule has 1 aromatic carbocycles. The Labute approximate surface area is 105 Å². The second kappa shape index (κ2) is 3.43. The maximum atomic E-state index is 12.0. The van der Waals surface area contributed by atoms with Crippen LogP contribution < -0.4 is 5.56 Å². The van der Waals surface area contributed by atoms with Crippen LogP contribution >= 0.6 is 15.9 Å². The lowest BCUT2D eigenvalue weighted by molar-refractivity contribution is 0.974. The highest BCUT2D eigenvalue weighted by molar-refractivity contribution is 9.10. The van der Waals surface area contributed by atoms with Crippen LogP contribution in [0.5, 0.6) is 0 Å². The molecule has 0 aliphatic heterocycles. The van der Waals surface area contributed by atoms with Crippen LogP contribution in [-0.2, 0) is 0 Å². The number of hydrogen-bond acceptors (Lipinski definition) is 2. The fourth-order valence-electron chi connectivity index (χ4n) is 2.05. The number of nitrogens with one attached hydrogen (secondary N) is 1. The van der Waals surface area contributed by atoms with E-state index in [-0.39, 0.29) is 5.56 Å². The molecule has 0 saturated heterocycles. The van der Waals surface area contributed by atoms with Gasteiger partial charge in [-0.1, -0.05) is 0 Å². The molecule has 0 unspecified atom stereocenters. The first-order valence-electron chi connectivity index (χ1n) is 5.24. The average molecular weight is 292 g/mol. The first kappa shape index (κ1) is 10.5. The van der Waals surface area contributed by atoms with Crippen LogP contribution in [0.25, 0.3) is 16.6 Å². The molecule has 2 aromatic heterocycles. The van der Waals surface area contributed by atoms with Crippen LogP contribution in [0, 0.1) is 13.8 Å². The van der Waals surface area contributed by atoms with Crippen molar-refractivity contribution in [3.8, 4) is 0 Å². The number of fused-ring (bicyclic) bond motifs is 3. The normalized spacial score (nSPS) is 11.5. The summed E-state index contributed by atoms with van der Waals surface area (Å²) >= 11 is 3.50. The van der Waals surface area contributed by atoms with Crippen LogP contribution in [0.2, 0.25) is 0 Å². The smallest absolute Gasteiger partial charge is 0.259 e. The first-order chi connectivity index (χ1) is 8.08. The number of benzene rings is 1. The summed E-state index contributed by atoms with van der Waals surface area (Å²) in [6.45, 7) is 3.88. The van der Waals surface area contributed by atoms with Crippen molar-refractivity contribution in [2.75, 3.05) is 0 Å². The van der Waals surface area contributed by atoms with Crippen molar-refractivity contribution in [3.63, 3.8) is 0 Å². The Morgan fingerprint density at radius 3 is 2.88 bits per heavy atom. The van der Waals surface area contributed by atoms with Gasteiger partial charge in [0.25, 0.3) is 5.56 Å². The minimum Gasteiger partial charge on any atom is -0.306 e. The van der Waals surface area contributed by atoms with Crippen molar-refractivity contribution in [1.29, 1.82) is 0 Å². The van der Waals surface area contributed by atoms with Gasteiger partial charge in [0.1, 0.15) is 5.65 Å². The maximum Gasteiger partial charge on any atom is 0.259 e. The van der Waals surface area contributed by atoms with Gasteiger partial charge in [0.2, 0.25) is 0 Å². The number of rotatable bonds is 0. The van der Waals surface area contributed by atoms with Crippen molar-refractivity contribution in [2.45, 2.75) is 13.8 Å². The largest absolute Gasteiger partial charge is 0.306 e. The van der Waals surface area contributed by atoms with E-state index >= 15 is 0 Å². The first-order valence-corrected chi connectivity index (χ1v) is 6.03. The molecule has 5 heteroatoms. The Morgan fingerprint density at radius 1 is 1.35 bits per heavy atom. The summed E-state index contributed by atoms with van der Waals surface area (Å²) < 4.78 is 2.64. The minimum atomic E-state index is -0.0829. The van der Waals surface area contributed by atoms with Gasteiger partial charge in [0, 0.05) is 10.0 Å². The van der Waals surface area contributed by atoms with Gasteiger partial charge in [-0.3, -0.25) is 4.79 Å². The predicted octanol–water partition coefficient (Wildman–Crippen LogP) is 2.56. The summed E-state index contributed by atoms with van der Waals surface area (Å²) in [6, 6.07) is 3.85. The standard InChI is InChI=1S/C12H10BrN3O/c1-6-3-8-10(9(13)4-6)16-11(15-12(8)17)7(2)5-14-16/h3-5H,1-2H3,(H,15,17).